The number of para-hydroxylation sites is 1. The number of nitrogens with one attached hydrogen (secondary N) is 1. The number of anilines is 1. The summed E-state index contributed by atoms with van der Waals surface area (Å²) in [5, 5.41) is 4.37. The van der Waals surface area contributed by atoms with Gasteiger partial charge in [-0.3, -0.25) is 4.72 Å². The van der Waals surface area contributed by atoms with Gasteiger partial charge in [0.15, 0.2) is 0 Å². The van der Waals surface area contributed by atoms with Gasteiger partial charge in [-0.15, -0.1) is 0 Å². The highest BCUT2D eigenvalue weighted by molar-refractivity contribution is 7.92. The van der Waals surface area contributed by atoms with Crippen molar-refractivity contribution < 1.29 is 16.8 Å². The molecule has 1 unspecified atom stereocenters. The van der Waals surface area contributed by atoms with Gasteiger partial charge in [0.25, 0.3) is 0 Å². The van der Waals surface area contributed by atoms with Crippen LogP contribution < -0.4 is 4.72 Å². The number of benzene rings is 2. The van der Waals surface area contributed by atoms with E-state index in [-0.39, 0.29) is 0 Å². The van der Waals surface area contributed by atoms with Crippen LogP contribution in [0, 0.1) is 6.92 Å². The van der Waals surface area contributed by atoms with E-state index in [1.165, 1.54) is 0 Å². The fourth-order valence-corrected chi connectivity index (χ4v) is 4.65. The minimum atomic E-state index is -3.65. The Hall–Kier alpha value is -2.39. The molecule has 1 heterocycles. The lowest BCUT2D eigenvalue weighted by atomic mass is 9.96. The number of aryl methyl sites for hydroxylation is 1. The molecule has 7 nitrogen and oxygen atoms in total. The van der Waals surface area contributed by atoms with Crippen LogP contribution in [0.4, 0.5) is 5.69 Å². The van der Waals surface area contributed by atoms with Crippen molar-refractivity contribution >= 4 is 31.4 Å². The van der Waals surface area contributed by atoms with Gasteiger partial charge in [-0.1, -0.05) is 42.5 Å². The summed E-state index contributed by atoms with van der Waals surface area (Å²) in [6.07, 6.45) is 2.50. The topological polar surface area (TPSA) is 95.9 Å². The second-order valence-corrected chi connectivity index (χ2v) is 10.2. The van der Waals surface area contributed by atoms with Crippen molar-refractivity contribution in [3.8, 4) is 0 Å². The summed E-state index contributed by atoms with van der Waals surface area (Å²) in [7, 11) is -7.16. The lowest BCUT2D eigenvalue weighted by molar-refractivity contribution is 0.375. The van der Waals surface area contributed by atoms with E-state index < -0.39 is 26.1 Å². The molecule has 0 spiro atoms. The first-order valence-corrected chi connectivity index (χ1v) is 12.0. The minimum Gasteiger partial charge on any atom is -0.283 e. The monoisotopic (exact) mass is 407 g/mol. The van der Waals surface area contributed by atoms with Gasteiger partial charge in [-0.2, -0.15) is 9.52 Å². The highest BCUT2D eigenvalue weighted by Gasteiger charge is 2.36. The molecule has 27 heavy (non-hydrogen) atoms. The zero-order valence-corrected chi connectivity index (χ0v) is 16.9. The summed E-state index contributed by atoms with van der Waals surface area (Å²) >= 11 is 0. The van der Waals surface area contributed by atoms with Crippen LogP contribution in [-0.2, 0) is 20.0 Å². The summed E-state index contributed by atoms with van der Waals surface area (Å²) in [5.41, 5.74) is 3.42. The molecule has 3 rings (SSSR count). The maximum Gasteiger partial charge on any atom is 0.247 e. The summed E-state index contributed by atoms with van der Waals surface area (Å²) in [6, 6.07) is 13.8. The normalized spacial score (nSPS) is 17.7. The van der Waals surface area contributed by atoms with Crippen molar-refractivity contribution in [2.75, 3.05) is 17.2 Å². The molecule has 1 atom stereocenters. The van der Waals surface area contributed by atoms with Crippen molar-refractivity contribution in [2.45, 2.75) is 19.4 Å². The maximum atomic E-state index is 12.4. The SMILES string of the molecule is Cc1ccccc1C1=NN(S(C)(=O)=O)C(c2ccccc2NS(C)(=O)=O)C1. The Morgan fingerprint density at radius 3 is 2.26 bits per heavy atom. The summed E-state index contributed by atoms with van der Waals surface area (Å²) in [6.45, 7) is 1.94. The van der Waals surface area contributed by atoms with E-state index >= 15 is 0 Å². The molecule has 0 bridgehead atoms. The first-order valence-electron chi connectivity index (χ1n) is 8.26. The Morgan fingerprint density at radius 2 is 1.63 bits per heavy atom. The van der Waals surface area contributed by atoms with Gasteiger partial charge in [-0.05, 0) is 18.6 Å². The van der Waals surface area contributed by atoms with Crippen molar-refractivity contribution in [1.29, 1.82) is 0 Å². The lowest BCUT2D eigenvalue weighted by Crippen LogP contribution is -2.27. The predicted octanol–water partition coefficient (Wildman–Crippen LogP) is 2.48. The first-order chi connectivity index (χ1) is 12.6. The van der Waals surface area contributed by atoms with Gasteiger partial charge in [0.2, 0.25) is 20.0 Å². The Labute approximate surface area is 159 Å². The molecule has 0 radical (unpaired) electrons. The van der Waals surface area contributed by atoms with Gasteiger partial charge in [0.1, 0.15) is 0 Å². The lowest BCUT2D eigenvalue weighted by Gasteiger charge is -2.23. The fourth-order valence-electron chi connectivity index (χ4n) is 3.17. The van der Waals surface area contributed by atoms with Crippen molar-refractivity contribution in [3.63, 3.8) is 0 Å². The van der Waals surface area contributed by atoms with Crippen LogP contribution in [0.3, 0.4) is 0 Å². The fraction of sp³-hybridized carbons (Fsp3) is 0.278. The summed E-state index contributed by atoms with van der Waals surface area (Å²) in [5.74, 6) is 0. The number of hydrogen-bond acceptors (Lipinski definition) is 5. The molecule has 1 N–H and O–H groups in total. The standard InChI is InChI=1S/C18H21N3O4S2/c1-13-8-4-5-9-14(13)17-12-18(21(19-17)27(3,24)25)15-10-6-7-11-16(15)20-26(2,22)23/h4-11,18,20H,12H2,1-3H3. The molecule has 2 aromatic carbocycles. The smallest absolute Gasteiger partial charge is 0.247 e. The maximum absolute atomic E-state index is 12.4. The largest absolute Gasteiger partial charge is 0.283 e. The second-order valence-electron chi connectivity index (χ2n) is 6.58. The van der Waals surface area contributed by atoms with Gasteiger partial charge < -0.3 is 0 Å². The Bertz CT molecular complexity index is 1110. The van der Waals surface area contributed by atoms with Crippen LogP contribution >= 0.6 is 0 Å². The number of hydrogen-bond donors (Lipinski definition) is 1. The number of rotatable bonds is 5. The molecule has 9 heteroatoms. The van der Waals surface area contributed by atoms with E-state index in [1.807, 2.05) is 31.2 Å². The number of hydrazone groups is 1. The Morgan fingerprint density at radius 1 is 1.00 bits per heavy atom. The van der Waals surface area contributed by atoms with Crippen LogP contribution in [0.2, 0.25) is 0 Å². The molecule has 144 valence electrons. The van der Waals surface area contributed by atoms with Crippen LogP contribution in [0.25, 0.3) is 0 Å². The molecule has 0 fully saturated rings. The van der Waals surface area contributed by atoms with Crippen LogP contribution in [0.15, 0.2) is 53.6 Å². The van der Waals surface area contributed by atoms with Crippen molar-refractivity contribution in [3.05, 3.63) is 65.2 Å². The zero-order chi connectivity index (χ0) is 19.8. The quantitative estimate of drug-likeness (QED) is 0.824. The summed E-state index contributed by atoms with van der Waals surface area (Å²) < 4.78 is 51.7. The van der Waals surface area contributed by atoms with E-state index in [2.05, 4.69) is 9.82 Å². The van der Waals surface area contributed by atoms with E-state index in [1.54, 1.807) is 24.3 Å². The van der Waals surface area contributed by atoms with Gasteiger partial charge in [0.05, 0.1) is 30.0 Å². The number of sulfonamides is 2. The molecule has 1 aliphatic heterocycles. The van der Waals surface area contributed by atoms with Crippen LogP contribution in [-0.4, -0.2) is 39.5 Å². The van der Waals surface area contributed by atoms with Crippen LogP contribution in [0.5, 0.6) is 0 Å². The number of nitrogens with zero attached hydrogens (tertiary/aromatic N) is 2. The van der Waals surface area contributed by atoms with E-state index in [4.69, 9.17) is 0 Å². The third-order valence-corrected chi connectivity index (χ3v) is 5.89. The summed E-state index contributed by atoms with van der Waals surface area (Å²) in [4.78, 5) is 0. The Balaban J connectivity index is 2.08. The van der Waals surface area contributed by atoms with Gasteiger partial charge in [0, 0.05) is 17.5 Å². The molecule has 0 aromatic heterocycles. The average molecular weight is 408 g/mol. The van der Waals surface area contributed by atoms with Crippen molar-refractivity contribution in [2.24, 2.45) is 5.10 Å². The predicted molar refractivity (Wildman–Crippen MR) is 107 cm³/mol. The second kappa shape index (κ2) is 6.97. The third kappa shape index (κ3) is 4.30. The molecule has 0 saturated heterocycles. The molecule has 0 amide bonds. The minimum absolute atomic E-state index is 0.347. The first kappa shape index (κ1) is 19.4. The molecular formula is C18H21N3O4S2. The molecular weight excluding hydrogens is 386 g/mol. The Kier molecular flexibility index (Phi) is 5.00. The zero-order valence-electron chi connectivity index (χ0n) is 15.2. The van der Waals surface area contributed by atoms with Gasteiger partial charge in [-0.25, -0.2) is 16.8 Å². The van der Waals surface area contributed by atoms with E-state index in [9.17, 15) is 16.8 Å². The molecule has 1 aliphatic rings. The van der Waals surface area contributed by atoms with Gasteiger partial charge >= 0.3 is 0 Å². The highest BCUT2D eigenvalue weighted by Crippen LogP contribution is 2.38. The van der Waals surface area contributed by atoms with E-state index in [0.717, 1.165) is 28.1 Å². The third-order valence-electron chi connectivity index (χ3n) is 4.28. The van der Waals surface area contributed by atoms with E-state index in [0.29, 0.717) is 23.4 Å². The molecule has 0 aliphatic carbocycles. The highest BCUT2D eigenvalue weighted by atomic mass is 32.2. The van der Waals surface area contributed by atoms with Crippen molar-refractivity contribution in [1.82, 2.24) is 4.41 Å². The average Bonchev–Trinajstić information content (AvgIpc) is 2.99. The van der Waals surface area contributed by atoms with Crippen LogP contribution in [0.1, 0.15) is 29.2 Å². The molecule has 0 saturated carbocycles. The molecule has 2 aromatic rings.